The van der Waals surface area contributed by atoms with Crippen LogP contribution in [0.15, 0.2) is 24.3 Å². The maximum atomic E-state index is 6.11. The molecule has 1 heteroatoms. The van der Waals surface area contributed by atoms with Gasteiger partial charge in [0.2, 0.25) is 0 Å². The Morgan fingerprint density at radius 2 is 1.72 bits per heavy atom. The molecule has 0 spiro atoms. The molecule has 0 N–H and O–H groups in total. The highest BCUT2D eigenvalue weighted by Gasteiger charge is 2.13. The molecule has 0 aliphatic heterocycles. The van der Waals surface area contributed by atoms with Gasteiger partial charge in [0.15, 0.2) is 0 Å². The predicted octanol–water partition coefficient (Wildman–Crippen LogP) is 5.43. The second-order valence-electron chi connectivity index (χ2n) is 5.07. The minimum atomic E-state index is 0.294. The van der Waals surface area contributed by atoms with E-state index in [0.29, 0.717) is 6.10 Å². The Balaban J connectivity index is 2.57. The van der Waals surface area contributed by atoms with E-state index in [9.17, 15) is 0 Å². The highest BCUT2D eigenvalue weighted by atomic mass is 16.5. The summed E-state index contributed by atoms with van der Waals surface area (Å²) in [6.07, 6.45) is 7.64. The molecule has 0 heterocycles. The van der Waals surface area contributed by atoms with Crippen LogP contribution in [-0.4, -0.2) is 6.61 Å². The molecule has 1 rings (SSSR count). The molecule has 1 nitrogen and oxygen atoms in total. The summed E-state index contributed by atoms with van der Waals surface area (Å²) in [5.74, 6) is 0. The molecule has 0 fully saturated rings. The van der Waals surface area contributed by atoms with Gasteiger partial charge < -0.3 is 4.74 Å². The normalized spacial score (nSPS) is 12.6. The Morgan fingerprint density at radius 1 is 1.00 bits per heavy atom. The number of aryl methyl sites for hydroxylation is 1. The second-order valence-corrected chi connectivity index (χ2v) is 5.07. The van der Waals surface area contributed by atoms with E-state index >= 15 is 0 Å². The van der Waals surface area contributed by atoms with Crippen LogP contribution in [0.25, 0.3) is 0 Å². The fraction of sp³-hybridized carbons (Fsp3) is 0.647. The summed E-state index contributed by atoms with van der Waals surface area (Å²) in [6, 6.07) is 8.63. The Bertz CT molecular complexity index is 319. The van der Waals surface area contributed by atoms with Crippen molar-refractivity contribution in [3.05, 3.63) is 35.4 Å². The van der Waals surface area contributed by atoms with Crippen LogP contribution >= 0.6 is 0 Å². The fourth-order valence-corrected chi connectivity index (χ4v) is 2.24. The van der Waals surface area contributed by atoms with Crippen molar-refractivity contribution in [3.63, 3.8) is 0 Å². The van der Waals surface area contributed by atoms with Gasteiger partial charge in [-0.15, -0.1) is 0 Å². The largest absolute Gasteiger partial charge is 0.374 e. The summed E-state index contributed by atoms with van der Waals surface area (Å²) in [5.41, 5.74) is 2.73. The van der Waals surface area contributed by atoms with Crippen LogP contribution in [0.5, 0.6) is 0 Å². The zero-order valence-corrected chi connectivity index (χ0v) is 12.2. The predicted molar refractivity (Wildman–Crippen MR) is 78.9 cm³/mol. The van der Waals surface area contributed by atoms with E-state index in [4.69, 9.17) is 4.74 Å². The molecule has 0 aromatic heterocycles. The van der Waals surface area contributed by atoms with Crippen LogP contribution in [0.1, 0.15) is 69.6 Å². The molecule has 18 heavy (non-hydrogen) atoms. The topological polar surface area (TPSA) is 9.23 Å². The maximum absolute atomic E-state index is 6.11. The van der Waals surface area contributed by atoms with Gasteiger partial charge in [0, 0.05) is 6.61 Å². The average molecular weight is 248 g/mol. The summed E-state index contributed by atoms with van der Waals surface area (Å²) in [4.78, 5) is 0. The van der Waals surface area contributed by atoms with Crippen molar-refractivity contribution in [2.24, 2.45) is 0 Å². The van der Waals surface area contributed by atoms with Gasteiger partial charge in [-0.3, -0.25) is 0 Å². The summed E-state index contributed by atoms with van der Waals surface area (Å²) < 4.78 is 6.11. The second kappa shape index (κ2) is 9.16. The van der Waals surface area contributed by atoms with Crippen molar-refractivity contribution in [2.75, 3.05) is 6.61 Å². The molecule has 0 amide bonds. The standard InChI is InChI=1S/C17H28O/c1-4-6-10-14-18-17(13-7-5-2)16-12-9-8-11-15(16)3/h8-9,11-12,17H,4-7,10,13-14H2,1-3H3. The fourth-order valence-electron chi connectivity index (χ4n) is 2.24. The smallest absolute Gasteiger partial charge is 0.0827 e. The van der Waals surface area contributed by atoms with E-state index in [1.54, 1.807) is 0 Å². The first-order valence-corrected chi connectivity index (χ1v) is 7.46. The van der Waals surface area contributed by atoms with Crippen LogP contribution in [0.2, 0.25) is 0 Å². The SMILES string of the molecule is CCCCCOC(CCCC)c1ccccc1C. The first-order valence-electron chi connectivity index (χ1n) is 7.46. The number of ether oxygens (including phenoxy) is 1. The Labute approximate surface area is 113 Å². The van der Waals surface area contributed by atoms with Gasteiger partial charge >= 0.3 is 0 Å². The number of hydrogen-bond donors (Lipinski definition) is 0. The van der Waals surface area contributed by atoms with Crippen LogP contribution in [0, 0.1) is 6.92 Å². The molecule has 0 bridgehead atoms. The molecule has 0 aliphatic rings. The summed E-state index contributed by atoms with van der Waals surface area (Å²) in [6.45, 7) is 7.56. The third-order valence-corrected chi connectivity index (χ3v) is 3.42. The van der Waals surface area contributed by atoms with Gasteiger partial charge in [-0.2, -0.15) is 0 Å². The number of rotatable bonds is 9. The minimum Gasteiger partial charge on any atom is -0.374 e. The van der Waals surface area contributed by atoms with Crippen molar-refractivity contribution in [1.82, 2.24) is 0 Å². The van der Waals surface area contributed by atoms with Gasteiger partial charge in [0.1, 0.15) is 0 Å². The number of benzene rings is 1. The van der Waals surface area contributed by atoms with Crippen LogP contribution in [0.4, 0.5) is 0 Å². The van der Waals surface area contributed by atoms with Gasteiger partial charge in [-0.25, -0.2) is 0 Å². The average Bonchev–Trinajstić information content (AvgIpc) is 2.39. The molecular formula is C17H28O. The van der Waals surface area contributed by atoms with Gasteiger partial charge in [0.05, 0.1) is 6.10 Å². The number of hydrogen-bond acceptors (Lipinski definition) is 1. The summed E-state index contributed by atoms with van der Waals surface area (Å²) >= 11 is 0. The van der Waals surface area contributed by atoms with E-state index in [1.165, 1.54) is 43.2 Å². The van der Waals surface area contributed by atoms with Crippen LogP contribution in [0.3, 0.4) is 0 Å². The lowest BCUT2D eigenvalue weighted by atomic mass is 9.99. The van der Waals surface area contributed by atoms with E-state index in [-0.39, 0.29) is 0 Å². The Kier molecular flexibility index (Phi) is 7.75. The van der Waals surface area contributed by atoms with Gasteiger partial charge in [-0.05, 0) is 30.9 Å². The monoisotopic (exact) mass is 248 g/mol. The lowest BCUT2D eigenvalue weighted by Crippen LogP contribution is -2.07. The van der Waals surface area contributed by atoms with Crippen molar-refractivity contribution >= 4 is 0 Å². The van der Waals surface area contributed by atoms with Crippen molar-refractivity contribution in [3.8, 4) is 0 Å². The van der Waals surface area contributed by atoms with Crippen LogP contribution < -0.4 is 0 Å². The minimum absolute atomic E-state index is 0.294. The molecule has 102 valence electrons. The number of unbranched alkanes of at least 4 members (excludes halogenated alkanes) is 3. The van der Waals surface area contributed by atoms with Gasteiger partial charge in [0.25, 0.3) is 0 Å². The first-order chi connectivity index (χ1) is 8.79. The van der Waals surface area contributed by atoms with E-state index in [2.05, 4.69) is 45.0 Å². The Hall–Kier alpha value is -0.820. The molecular weight excluding hydrogens is 220 g/mol. The molecule has 1 unspecified atom stereocenters. The Morgan fingerprint density at radius 3 is 2.39 bits per heavy atom. The lowest BCUT2D eigenvalue weighted by Gasteiger charge is -2.20. The third-order valence-electron chi connectivity index (χ3n) is 3.42. The maximum Gasteiger partial charge on any atom is 0.0827 e. The van der Waals surface area contributed by atoms with Gasteiger partial charge in [-0.1, -0.05) is 63.8 Å². The van der Waals surface area contributed by atoms with Crippen molar-refractivity contribution in [1.29, 1.82) is 0 Å². The van der Waals surface area contributed by atoms with E-state index < -0.39 is 0 Å². The third kappa shape index (κ3) is 5.22. The molecule has 0 radical (unpaired) electrons. The highest BCUT2D eigenvalue weighted by molar-refractivity contribution is 5.27. The molecule has 1 aromatic rings. The summed E-state index contributed by atoms with van der Waals surface area (Å²) in [7, 11) is 0. The van der Waals surface area contributed by atoms with Crippen LogP contribution in [-0.2, 0) is 4.74 Å². The summed E-state index contributed by atoms with van der Waals surface area (Å²) in [5, 5.41) is 0. The molecule has 0 aliphatic carbocycles. The quantitative estimate of drug-likeness (QED) is 0.529. The lowest BCUT2D eigenvalue weighted by molar-refractivity contribution is 0.0422. The molecule has 0 saturated carbocycles. The van der Waals surface area contributed by atoms with E-state index in [0.717, 1.165) is 13.0 Å². The molecule has 0 saturated heterocycles. The highest BCUT2D eigenvalue weighted by Crippen LogP contribution is 2.26. The zero-order valence-electron chi connectivity index (χ0n) is 12.2. The van der Waals surface area contributed by atoms with E-state index in [1.807, 2.05) is 0 Å². The first kappa shape index (κ1) is 15.2. The van der Waals surface area contributed by atoms with Crippen molar-refractivity contribution in [2.45, 2.75) is 65.4 Å². The molecule has 1 aromatic carbocycles. The van der Waals surface area contributed by atoms with Crippen molar-refractivity contribution < 1.29 is 4.74 Å². The molecule has 1 atom stereocenters. The zero-order chi connectivity index (χ0) is 13.2.